The molecule has 0 aromatic heterocycles. The van der Waals surface area contributed by atoms with Gasteiger partial charge in [0.15, 0.2) is 0 Å². The number of urea groups is 1. The van der Waals surface area contributed by atoms with Gasteiger partial charge in [0.05, 0.1) is 6.04 Å². The van der Waals surface area contributed by atoms with E-state index in [2.05, 4.69) is 10.6 Å². The summed E-state index contributed by atoms with van der Waals surface area (Å²) in [5.74, 6) is -0.230. The molecule has 4 amide bonds. The van der Waals surface area contributed by atoms with Crippen LogP contribution in [0.3, 0.4) is 0 Å². The molecular weight excluding hydrogens is 344 g/mol. The first-order valence-corrected chi connectivity index (χ1v) is 9.41. The number of imide groups is 1. The Bertz CT molecular complexity index is 709. The number of hydrogen-bond donors (Lipinski definition) is 2. The Morgan fingerprint density at radius 1 is 1.00 bits per heavy atom. The highest BCUT2D eigenvalue weighted by atomic mass is 16.2. The van der Waals surface area contributed by atoms with Crippen molar-refractivity contribution in [3.8, 4) is 0 Å². The molecule has 1 unspecified atom stereocenters. The zero-order valence-corrected chi connectivity index (χ0v) is 16.8. The number of carbonyl (C=O) groups excluding carboxylic acids is 3. The summed E-state index contributed by atoms with van der Waals surface area (Å²) >= 11 is 0. The molecule has 1 aromatic rings. The van der Waals surface area contributed by atoms with E-state index in [4.69, 9.17) is 0 Å². The van der Waals surface area contributed by atoms with Crippen LogP contribution in [0.1, 0.15) is 31.9 Å². The number of carbonyl (C=O) groups is 3. The molecule has 2 N–H and O–H groups in total. The molecule has 2 rings (SSSR count). The van der Waals surface area contributed by atoms with Crippen LogP contribution in [-0.2, 0) is 9.59 Å². The van der Waals surface area contributed by atoms with Gasteiger partial charge in [-0.15, -0.1) is 0 Å². The Kier molecular flexibility index (Phi) is 6.96. The highest BCUT2D eigenvalue weighted by Crippen LogP contribution is 2.16. The van der Waals surface area contributed by atoms with Gasteiger partial charge in [-0.3, -0.25) is 19.8 Å². The third kappa shape index (κ3) is 5.53. The SMILES string of the molecule is Cc1ccc(NC(=O)NC(=O)C(C)N2CCN(C(=O)C(C)C)CC2)c(C)c1. The van der Waals surface area contributed by atoms with E-state index in [-0.39, 0.29) is 17.7 Å². The quantitative estimate of drug-likeness (QED) is 0.846. The highest BCUT2D eigenvalue weighted by Gasteiger charge is 2.28. The van der Waals surface area contributed by atoms with Crippen LogP contribution in [0.25, 0.3) is 0 Å². The first kappa shape index (κ1) is 20.9. The van der Waals surface area contributed by atoms with Gasteiger partial charge in [-0.1, -0.05) is 31.5 Å². The lowest BCUT2D eigenvalue weighted by atomic mass is 10.1. The molecule has 7 nitrogen and oxygen atoms in total. The number of piperazine rings is 1. The van der Waals surface area contributed by atoms with E-state index in [1.165, 1.54) is 0 Å². The van der Waals surface area contributed by atoms with E-state index in [9.17, 15) is 14.4 Å². The van der Waals surface area contributed by atoms with Crippen LogP contribution in [0.15, 0.2) is 18.2 Å². The minimum absolute atomic E-state index is 0.0220. The average Bonchev–Trinajstić information content (AvgIpc) is 2.62. The van der Waals surface area contributed by atoms with E-state index in [0.717, 1.165) is 11.1 Å². The van der Waals surface area contributed by atoms with E-state index in [1.54, 1.807) is 6.92 Å². The first-order chi connectivity index (χ1) is 12.7. The second kappa shape index (κ2) is 8.99. The smallest absolute Gasteiger partial charge is 0.325 e. The monoisotopic (exact) mass is 374 g/mol. The first-order valence-electron chi connectivity index (χ1n) is 9.41. The topological polar surface area (TPSA) is 81.8 Å². The molecule has 1 aromatic carbocycles. The normalized spacial score (nSPS) is 16.1. The van der Waals surface area contributed by atoms with Crippen LogP contribution in [-0.4, -0.2) is 59.9 Å². The summed E-state index contributed by atoms with van der Waals surface area (Å²) in [5, 5.41) is 5.13. The summed E-state index contributed by atoms with van der Waals surface area (Å²) in [6.07, 6.45) is 0. The summed E-state index contributed by atoms with van der Waals surface area (Å²) in [7, 11) is 0. The number of rotatable bonds is 4. The lowest BCUT2D eigenvalue weighted by molar-refractivity contribution is -0.137. The van der Waals surface area contributed by atoms with Gasteiger partial charge < -0.3 is 10.2 Å². The van der Waals surface area contributed by atoms with Gasteiger partial charge in [0.2, 0.25) is 11.8 Å². The number of amides is 4. The van der Waals surface area contributed by atoms with Crippen LogP contribution in [0.2, 0.25) is 0 Å². The predicted molar refractivity (Wildman–Crippen MR) is 106 cm³/mol. The van der Waals surface area contributed by atoms with Crippen molar-refractivity contribution in [1.29, 1.82) is 0 Å². The molecule has 0 bridgehead atoms. The molecule has 0 radical (unpaired) electrons. The molecule has 27 heavy (non-hydrogen) atoms. The van der Waals surface area contributed by atoms with Crippen molar-refractivity contribution in [3.05, 3.63) is 29.3 Å². The van der Waals surface area contributed by atoms with Gasteiger partial charge in [0.1, 0.15) is 0 Å². The van der Waals surface area contributed by atoms with E-state index in [1.807, 2.05) is 55.7 Å². The lowest BCUT2D eigenvalue weighted by Crippen LogP contribution is -2.56. The molecule has 0 aliphatic carbocycles. The molecule has 1 heterocycles. The van der Waals surface area contributed by atoms with Crippen LogP contribution >= 0.6 is 0 Å². The van der Waals surface area contributed by atoms with Crippen LogP contribution < -0.4 is 10.6 Å². The molecule has 0 saturated carbocycles. The zero-order chi connectivity index (χ0) is 20.1. The van der Waals surface area contributed by atoms with Gasteiger partial charge in [-0.25, -0.2) is 4.79 Å². The molecule has 1 fully saturated rings. The van der Waals surface area contributed by atoms with Gasteiger partial charge in [-0.2, -0.15) is 0 Å². The summed E-state index contributed by atoms with van der Waals surface area (Å²) in [6.45, 7) is 11.9. The fourth-order valence-corrected chi connectivity index (χ4v) is 3.18. The summed E-state index contributed by atoms with van der Waals surface area (Å²) in [6, 6.07) is 4.73. The van der Waals surface area contributed by atoms with Gasteiger partial charge in [0, 0.05) is 37.8 Å². The van der Waals surface area contributed by atoms with Gasteiger partial charge >= 0.3 is 6.03 Å². The number of anilines is 1. The maximum absolute atomic E-state index is 12.4. The van der Waals surface area contributed by atoms with Crippen LogP contribution in [0, 0.1) is 19.8 Å². The standard InChI is InChI=1S/C20H30N4O3/c1-13(2)19(26)24-10-8-23(9-11-24)16(5)18(25)22-20(27)21-17-7-6-14(3)12-15(17)4/h6-7,12-13,16H,8-11H2,1-5H3,(H2,21,22,25,27). The minimum atomic E-state index is -0.535. The molecular formula is C20H30N4O3. The average molecular weight is 374 g/mol. The highest BCUT2D eigenvalue weighted by molar-refractivity contribution is 6.03. The van der Waals surface area contributed by atoms with Crippen molar-refractivity contribution < 1.29 is 14.4 Å². The molecule has 148 valence electrons. The molecule has 0 spiro atoms. The third-order valence-corrected chi connectivity index (χ3v) is 4.91. The lowest BCUT2D eigenvalue weighted by Gasteiger charge is -2.38. The maximum atomic E-state index is 12.4. The Balaban J connectivity index is 1.85. The fourth-order valence-electron chi connectivity index (χ4n) is 3.18. The van der Waals surface area contributed by atoms with E-state index < -0.39 is 12.1 Å². The second-order valence-electron chi connectivity index (χ2n) is 7.45. The third-order valence-electron chi connectivity index (χ3n) is 4.91. The number of nitrogens with one attached hydrogen (secondary N) is 2. The molecule has 1 aliphatic heterocycles. The van der Waals surface area contributed by atoms with E-state index in [0.29, 0.717) is 31.9 Å². The number of hydrogen-bond acceptors (Lipinski definition) is 4. The molecule has 1 saturated heterocycles. The number of benzene rings is 1. The van der Waals surface area contributed by atoms with Crippen molar-refractivity contribution >= 4 is 23.5 Å². The van der Waals surface area contributed by atoms with Gasteiger partial charge in [0.25, 0.3) is 0 Å². The number of aryl methyl sites for hydroxylation is 2. The maximum Gasteiger partial charge on any atom is 0.325 e. The predicted octanol–water partition coefficient (Wildman–Crippen LogP) is 2.14. The summed E-state index contributed by atoms with van der Waals surface area (Å²) in [4.78, 5) is 40.4. The van der Waals surface area contributed by atoms with Crippen molar-refractivity contribution in [3.63, 3.8) is 0 Å². The van der Waals surface area contributed by atoms with Gasteiger partial charge in [-0.05, 0) is 32.4 Å². The summed E-state index contributed by atoms with van der Waals surface area (Å²) < 4.78 is 0. The van der Waals surface area contributed by atoms with Crippen molar-refractivity contribution in [2.45, 2.75) is 40.7 Å². The minimum Gasteiger partial charge on any atom is -0.340 e. The Hall–Kier alpha value is -2.41. The Morgan fingerprint density at radius 3 is 2.19 bits per heavy atom. The van der Waals surface area contributed by atoms with Crippen molar-refractivity contribution in [2.75, 3.05) is 31.5 Å². The fraction of sp³-hybridized carbons (Fsp3) is 0.550. The van der Waals surface area contributed by atoms with Crippen molar-refractivity contribution in [1.82, 2.24) is 15.1 Å². The molecule has 1 aliphatic rings. The molecule has 1 atom stereocenters. The van der Waals surface area contributed by atoms with Crippen molar-refractivity contribution in [2.24, 2.45) is 5.92 Å². The second-order valence-corrected chi connectivity index (χ2v) is 7.45. The summed E-state index contributed by atoms with van der Waals surface area (Å²) in [5.41, 5.74) is 2.73. The van der Waals surface area contributed by atoms with Crippen LogP contribution in [0.4, 0.5) is 10.5 Å². The zero-order valence-electron chi connectivity index (χ0n) is 16.8. The largest absolute Gasteiger partial charge is 0.340 e. The Morgan fingerprint density at radius 2 is 1.63 bits per heavy atom. The van der Waals surface area contributed by atoms with E-state index >= 15 is 0 Å². The Labute approximate surface area is 161 Å². The number of nitrogens with zero attached hydrogens (tertiary/aromatic N) is 2. The molecule has 7 heteroatoms. The van der Waals surface area contributed by atoms with Crippen LogP contribution in [0.5, 0.6) is 0 Å².